The zero-order valence-corrected chi connectivity index (χ0v) is 20.7. The van der Waals surface area contributed by atoms with Gasteiger partial charge in [-0.05, 0) is 42.9 Å². The molecule has 1 aromatic heterocycles. The highest BCUT2D eigenvalue weighted by Crippen LogP contribution is 2.34. The van der Waals surface area contributed by atoms with E-state index in [4.69, 9.17) is 14.7 Å². The van der Waals surface area contributed by atoms with Crippen molar-refractivity contribution >= 4 is 11.9 Å². The van der Waals surface area contributed by atoms with Crippen LogP contribution in [0.1, 0.15) is 55.8 Å². The summed E-state index contributed by atoms with van der Waals surface area (Å²) in [5.74, 6) is 2.80. The Morgan fingerprint density at radius 3 is 2.37 bits per heavy atom. The topological polar surface area (TPSA) is 58.6 Å². The smallest absolute Gasteiger partial charge is 0.230 e. The lowest BCUT2D eigenvalue weighted by Gasteiger charge is -2.34. The molecule has 5 rings (SSSR count). The molecule has 35 heavy (non-hydrogen) atoms. The van der Waals surface area contributed by atoms with Crippen molar-refractivity contribution in [1.82, 2.24) is 14.9 Å². The number of carbonyl (C=O) groups excluding carboxylic acids is 1. The number of carbonyl (C=O) groups is 1. The minimum absolute atomic E-state index is 0.147. The van der Waals surface area contributed by atoms with Crippen molar-refractivity contribution in [3.63, 3.8) is 0 Å². The largest absolute Gasteiger partial charge is 0.438 e. The summed E-state index contributed by atoms with van der Waals surface area (Å²) >= 11 is 0. The summed E-state index contributed by atoms with van der Waals surface area (Å²) < 4.78 is 6.31. The number of ether oxygens (including phenoxy) is 1. The van der Waals surface area contributed by atoms with Crippen LogP contribution in [0.25, 0.3) is 0 Å². The van der Waals surface area contributed by atoms with E-state index < -0.39 is 0 Å². The highest BCUT2D eigenvalue weighted by Gasteiger charge is 2.31. The number of benzene rings is 2. The van der Waals surface area contributed by atoms with Gasteiger partial charge in [0, 0.05) is 26.1 Å². The number of fused-ring (bicyclic) bond motifs is 1. The highest BCUT2D eigenvalue weighted by atomic mass is 16.5. The lowest BCUT2D eigenvalue weighted by Crippen LogP contribution is -2.40. The van der Waals surface area contributed by atoms with Gasteiger partial charge >= 0.3 is 0 Å². The lowest BCUT2D eigenvalue weighted by atomic mass is 9.94. The van der Waals surface area contributed by atoms with Gasteiger partial charge in [0.2, 0.25) is 17.7 Å². The zero-order chi connectivity index (χ0) is 24.2. The Bertz CT molecular complexity index is 1140. The third-order valence-corrected chi connectivity index (χ3v) is 7.25. The van der Waals surface area contributed by atoms with E-state index in [2.05, 4.69) is 18.7 Å². The maximum absolute atomic E-state index is 13.6. The minimum Gasteiger partial charge on any atom is -0.438 e. The third kappa shape index (κ3) is 5.16. The molecular weight excluding hydrogens is 436 g/mol. The highest BCUT2D eigenvalue weighted by molar-refractivity contribution is 5.84. The van der Waals surface area contributed by atoms with Crippen LogP contribution in [0.5, 0.6) is 11.6 Å². The first-order chi connectivity index (χ1) is 17.1. The van der Waals surface area contributed by atoms with E-state index in [-0.39, 0.29) is 11.8 Å². The number of piperidine rings is 1. The number of rotatable bonds is 6. The van der Waals surface area contributed by atoms with E-state index >= 15 is 0 Å². The average molecular weight is 471 g/mol. The predicted octanol–water partition coefficient (Wildman–Crippen LogP) is 5.58. The summed E-state index contributed by atoms with van der Waals surface area (Å²) in [7, 11) is 0. The molecule has 1 atom stereocenters. The van der Waals surface area contributed by atoms with Crippen LogP contribution in [0.4, 0.5) is 5.95 Å². The molecule has 0 unspecified atom stereocenters. The second-order valence-electron chi connectivity index (χ2n) is 9.72. The van der Waals surface area contributed by atoms with E-state index in [1.807, 2.05) is 65.6 Å². The van der Waals surface area contributed by atoms with Crippen molar-refractivity contribution in [3.8, 4) is 11.6 Å². The summed E-state index contributed by atoms with van der Waals surface area (Å²) in [6, 6.07) is 19.8. The van der Waals surface area contributed by atoms with Crippen LogP contribution in [0.15, 0.2) is 60.7 Å². The predicted molar refractivity (Wildman–Crippen MR) is 138 cm³/mol. The fourth-order valence-corrected chi connectivity index (χ4v) is 5.05. The monoisotopic (exact) mass is 470 g/mol. The summed E-state index contributed by atoms with van der Waals surface area (Å²) in [4.78, 5) is 27.7. The van der Waals surface area contributed by atoms with Crippen LogP contribution in [-0.4, -0.2) is 40.4 Å². The second-order valence-corrected chi connectivity index (χ2v) is 9.72. The van der Waals surface area contributed by atoms with Crippen molar-refractivity contribution in [2.24, 2.45) is 5.92 Å². The van der Waals surface area contributed by atoms with E-state index in [1.165, 1.54) is 0 Å². The Balaban J connectivity index is 1.45. The number of para-hydroxylation sites is 1. The summed E-state index contributed by atoms with van der Waals surface area (Å²) in [5.41, 5.74) is 2.99. The molecule has 1 fully saturated rings. The zero-order valence-electron chi connectivity index (χ0n) is 20.7. The molecule has 6 heteroatoms. The molecule has 1 amide bonds. The lowest BCUT2D eigenvalue weighted by molar-refractivity contribution is -0.133. The van der Waals surface area contributed by atoms with E-state index in [0.717, 1.165) is 66.8 Å². The van der Waals surface area contributed by atoms with Gasteiger partial charge in [-0.2, -0.15) is 4.98 Å². The van der Waals surface area contributed by atoms with E-state index in [0.29, 0.717) is 25.4 Å². The van der Waals surface area contributed by atoms with Crippen molar-refractivity contribution in [2.45, 2.75) is 52.0 Å². The molecule has 1 saturated heterocycles. The molecule has 182 valence electrons. The van der Waals surface area contributed by atoms with Gasteiger partial charge in [-0.1, -0.05) is 62.4 Å². The maximum atomic E-state index is 13.6. The Morgan fingerprint density at radius 1 is 1.00 bits per heavy atom. The van der Waals surface area contributed by atoms with Crippen molar-refractivity contribution < 1.29 is 9.53 Å². The van der Waals surface area contributed by atoms with Gasteiger partial charge in [-0.3, -0.25) is 4.79 Å². The van der Waals surface area contributed by atoms with Gasteiger partial charge < -0.3 is 14.5 Å². The van der Waals surface area contributed by atoms with E-state index in [1.54, 1.807) is 0 Å². The molecule has 2 aliphatic heterocycles. The van der Waals surface area contributed by atoms with Crippen molar-refractivity contribution in [2.75, 3.05) is 24.5 Å². The first kappa shape index (κ1) is 23.3. The maximum Gasteiger partial charge on any atom is 0.230 e. The van der Waals surface area contributed by atoms with Gasteiger partial charge in [-0.25, -0.2) is 4.98 Å². The van der Waals surface area contributed by atoms with Gasteiger partial charge in [-0.15, -0.1) is 0 Å². The van der Waals surface area contributed by atoms with Crippen molar-refractivity contribution in [1.29, 1.82) is 0 Å². The SMILES string of the molecule is CC[C@H](C(=O)N1CCc2nc(N3CCC(C)CC3)nc(Oc3ccccc3)c2C1)c1ccccc1. The number of hydrogen-bond acceptors (Lipinski definition) is 5. The van der Waals surface area contributed by atoms with Gasteiger partial charge in [0.25, 0.3) is 0 Å². The molecule has 0 saturated carbocycles. The molecule has 2 aromatic carbocycles. The number of anilines is 1. The molecule has 0 radical (unpaired) electrons. The van der Waals surface area contributed by atoms with Crippen molar-refractivity contribution in [3.05, 3.63) is 77.5 Å². The molecule has 3 aromatic rings. The first-order valence-electron chi connectivity index (χ1n) is 12.8. The summed E-state index contributed by atoms with van der Waals surface area (Å²) in [5, 5.41) is 0. The average Bonchev–Trinajstić information content (AvgIpc) is 2.90. The fraction of sp³-hybridized carbons (Fsp3) is 0.414. The minimum atomic E-state index is -0.147. The standard InChI is InChI=1S/C29H34N4O2/c1-3-24(22-10-6-4-7-11-22)28(34)33-19-16-26-25(20-33)27(35-23-12-8-5-9-13-23)31-29(30-26)32-17-14-21(2)15-18-32/h4-13,21,24H,3,14-20H2,1-2H3/t24-/m0/s1. The molecule has 3 heterocycles. The number of amides is 1. The van der Waals surface area contributed by atoms with Gasteiger partial charge in [0.15, 0.2) is 0 Å². The fourth-order valence-electron chi connectivity index (χ4n) is 5.05. The third-order valence-electron chi connectivity index (χ3n) is 7.25. The van der Waals surface area contributed by atoms with Crippen LogP contribution >= 0.6 is 0 Å². The number of aromatic nitrogens is 2. The molecule has 2 aliphatic rings. The van der Waals surface area contributed by atoms with Crippen LogP contribution < -0.4 is 9.64 Å². The Hall–Kier alpha value is -3.41. The molecular formula is C29H34N4O2. The first-order valence-corrected chi connectivity index (χ1v) is 12.8. The number of nitrogens with zero attached hydrogens (tertiary/aromatic N) is 4. The number of hydrogen-bond donors (Lipinski definition) is 0. The molecule has 0 spiro atoms. The van der Waals surface area contributed by atoms with Crippen LogP contribution in [0, 0.1) is 5.92 Å². The summed E-state index contributed by atoms with van der Waals surface area (Å²) in [6.07, 6.45) is 3.77. The van der Waals surface area contributed by atoms with Gasteiger partial charge in [0.05, 0.1) is 23.7 Å². The Labute approximate surface area is 208 Å². The molecule has 0 bridgehead atoms. The van der Waals surface area contributed by atoms with E-state index in [9.17, 15) is 4.79 Å². The summed E-state index contributed by atoms with van der Waals surface area (Å²) in [6.45, 7) is 7.44. The van der Waals surface area contributed by atoms with Crippen LogP contribution in [0.2, 0.25) is 0 Å². The molecule has 6 nitrogen and oxygen atoms in total. The molecule has 0 aliphatic carbocycles. The van der Waals surface area contributed by atoms with Crippen LogP contribution in [-0.2, 0) is 17.8 Å². The Morgan fingerprint density at radius 2 is 1.69 bits per heavy atom. The molecule has 0 N–H and O–H groups in total. The normalized spacial score (nSPS) is 17.1. The Kier molecular flexibility index (Phi) is 6.98. The van der Waals surface area contributed by atoms with Gasteiger partial charge in [0.1, 0.15) is 5.75 Å². The second kappa shape index (κ2) is 10.5. The quantitative estimate of drug-likeness (QED) is 0.470. The van der Waals surface area contributed by atoms with Crippen LogP contribution in [0.3, 0.4) is 0 Å².